The Kier molecular flexibility index (Phi) is 5.76. The molecule has 2 heterocycles. The number of carbonyl (C=O) groups excluding carboxylic acids is 1. The highest BCUT2D eigenvalue weighted by Gasteiger charge is 2.25. The zero-order chi connectivity index (χ0) is 17.9. The van der Waals surface area contributed by atoms with Crippen LogP contribution >= 0.6 is 0 Å². The number of hydrogen-bond acceptors (Lipinski definition) is 4. The lowest BCUT2D eigenvalue weighted by molar-refractivity contribution is 0.0651. The van der Waals surface area contributed by atoms with E-state index in [4.69, 9.17) is 4.74 Å². The number of nitrogens with zero attached hydrogens (tertiary/aromatic N) is 2. The molecule has 138 valence electrons. The molecule has 7 heteroatoms. The Bertz CT molecular complexity index is 710. The topological polar surface area (TPSA) is 66.9 Å². The first-order valence-corrected chi connectivity index (χ1v) is 10.4. The minimum Gasteiger partial charge on any atom is -0.378 e. The lowest BCUT2D eigenvalue weighted by Crippen LogP contribution is -2.42. The van der Waals surface area contributed by atoms with Crippen molar-refractivity contribution in [1.82, 2.24) is 9.21 Å². The lowest BCUT2D eigenvalue weighted by Gasteiger charge is -2.31. The number of carbonyl (C=O) groups is 1. The Labute approximate surface area is 149 Å². The summed E-state index contributed by atoms with van der Waals surface area (Å²) < 4.78 is 32.5. The lowest BCUT2D eigenvalue weighted by atomic mass is 10.1. The smallest absolute Gasteiger partial charge is 0.253 e. The van der Waals surface area contributed by atoms with Crippen molar-refractivity contribution in [3.05, 3.63) is 29.8 Å². The quantitative estimate of drug-likeness (QED) is 0.741. The third-order valence-corrected chi connectivity index (χ3v) is 6.81. The van der Waals surface area contributed by atoms with Gasteiger partial charge in [-0.2, -0.15) is 0 Å². The van der Waals surface area contributed by atoms with Gasteiger partial charge in [0.15, 0.2) is 0 Å². The van der Waals surface area contributed by atoms with Crippen molar-refractivity contribution >= 4 is 15.9 Å². The fourth-order valence-corrected chi connectivity index (χ4v) is 4.46. The number of likely N-dealkylation sites (tertiary alicyclic amines) is 1. The average molecular weight is 366 g/mol. The summed E-state index contributed by atoms with van der Waals surface area (Å²) in [5.74, 6) is -0.0932. The molecule has 1 unspecified atom stereocenters. The van der Waals surface area contributed by atoms with Crippen LogP contribution in [0.2, 0.25) is 0 Å². The zero-order valence-electron chi connectivity index (χ0n) is 14.7. The van der Waals surface area contributed by atoms with E-state index in [9.17, 15) is 13.2 Å². The van der Waals surface area contributed by atoms with Crippen LogP contribution in [0.3, 0.4) is 0 Å². The van der Waals surface area contributed by atoms with Crippen molar-refractivity contribution < 1.29 is 17.9 Å². The minimum absolute atomic E-state index is 0.0932. The molecule has 0 N–H and O–H groups in total. The molecule has 0 radical (unpaired) electrons. The summed E-state index contributed by atoms with van der Waals surface area (Å²) in [5, 5.41) is 0. The summed E-state index contributed by atoms with van der Waals surface area (Å²) in [6.07, 6.45) is 5.10. The predicted molar refractivity (Wildman–Crippen MR) is 95.0 cm³/mol. The maximum atomic E-state index is 12.8. The van der Waals surface area contributed by atoms with Crippen LogP contribution in [0.5, 0.6) is 0 Å². The molecule has 0 aromatic heterocycles. The van der Waals surface area contributed by atoms with E-state index in [2.05, 4.69) is 0 Å². The third-order valence-electron chi connectivity index (χ3n) is 4.96. The summed E-state index contributed by atoms with van der Waals surface area (Å²) >= 11 is 0. The molecule has 0 spiro atoms. The van der Waals surface area contributed by atoms with E-state index in [-0.39, 0.29) is 16.9 Å². The van der Waals surface area contributed by atoms with Gasteiger partial charge in [-0.25, -0.2) is 12.7 Å². The van der Waals surface area contributed by atoms with Gasteiger partial charge in [0.25, 0.3) is 5.91 Å². The minimum atomic E-state index is -3.58. The SMILES string of the molecule is CN(CCCC1CCCO1)S(=O)(=O)c1cccc(C(=O)N2CCC2)c1. The number of rotatable bonds is 7. The molecule has 0 aliphatic carbocycles. The Morgan fingerprint density at radius 3 is 2.76 bits per heavy atom. The maximum Gasteiger partial charge on any atom is 0.253 e. The number of amides is 1. The first-order chi connectivity index (χ1) is 12.0. The van der Waals surface area contributed by atoms with Gasteiger partial charge in [0.05, 0.1) is 11.0 Å². The predicted octanol–water partition coefficient (Wildman–Crippen LogP) is 2.11. The molecule has 3 rings (SSSR count). The monoisotopic (exact) mass is 366 g/mol. The van der Waals surface area contributed by atoms with Crippen molar-refractivity contribution in [2.75, 3.05) is 33.3 Å². The van der Waals surface area contributed by atoms with Crippen LogP contribution in [0.25, 0.3) is 0 Å². The fraction of sp³-hybridized carbons (Fsp3) is 0.611. The van der Waals surface area contributed by atoms with E-state index in [1.54, 1.807) is 30.1 Å². The van der Waals surface area contributed by atoms with Crippen LogP contribution in [-0.2, 0) is 14.8 Å². The van der Waals surface area contributed by atoms with Gasteiger partial charge in [0, 0.05) is 38.9 Å². The number of ether oxygens (including phenoxy) is 1. The largest absolute Gasteiger partial charge is 0.378 e. The molecule has 2 aliphatic rings. The van der Waals surface area contributed by atoms with Crippen LogP contribution in [-0.4, -0.2) is 62.9 Å². The summed E-state index contributed by atoms with van der Waals surface area (Å²) in [7, 11) is -1.99. The maximum absolute atomic E-state index is 12.8. The van der Waals surface area contributed by atoms with Gasteiger partial charge >= 0.3 is 0 Å². The second kappa shape index (κ2) is 7.85. The van der Waals surface area contributed by atoms with Crippen molar-refractivity contribution in [1.29, 1.82) is 0 Å². The molecule has 1 atom stereocenters. The van der Waals surface area contributed by atoms with Crippen LogP contribution in [0.15, 0.2) is 29.2 Å². The Hall–Kier alpha value is -1.44. The first-order valence-electron chi connectivity index (χ1n) is 8.96. The van der Waals surface area contributed by atoms with Crippen molar-refractivity contribution in [3.63, 3.8) is 0 Å². The van der Waals surface area contributed by atoms with Crippen LogP contribution in [0, 0.1) is 0 Å². The van der Waals surface area contributed by atoms with Crippen molar-refractivity contribution in [3.8, 4) is 0 Å². The highest BCUT2D eigenvalue weighted by molar-refractivity contribution is 7.89. The van der Waals surface area contributed by atoms with Gasteiger partial charge in [-0.3, -0.25) is 4.79 Å². The summed E-state index contributed by atoms with van der Waals surface area (Å²) in [6.45, 7) is 2.76. The molecular weight excluding hydrogens is 340 g/mol. The molecule has 25 heavy (non-hydrogen) atoms. The number of hydrogen-bond donors (Lipinski definition) is 0. The van der Waals surface area contributed by atoms with Gasteiger partial charge in [-0.1, -0.05) is 6.07 Å². The van der Waals surface area contributed by atoms with Crippen molar-refractivity contribution in [2.45, 2.75) is 43.1 Å². The van der Waals surface area contributed by atoms with Crippen LogP contribution in [0.1, 0.15) is 42.5 Å². The van der Waals surface area contributed by atoms with Gasteiger partial charge in [0.2, 0.25) is 10.0 Å². The average Bonchev–Trinajstić information content (AvgIpc) is 3.06. The van der Waals surface area contributed by atoms with E-state index >= 15 is 0 Å². The normalized spacial score (nSPS) is 20.7. The molecule has 2 saturated heterocycles. The third kappa shape index (κ3) is 4.22. The second-order valence-corrected chi connectivity index (χ2v) is 8.82. The number of sulfonamides is 1. The molecule has 1 aromatic carbocycles. The standard InChI is InChI=1S/C18H26N2O4S/c1-19(10-3-7-16-8-4-13-24-16)25(22,23)17-9-2-6-15(14-17)18(21)20-11-5-12-20/h2,6,9,14,16H,3-5,7-8,10-13H2,1H3. The molecule has 2 aliphatic heterocycles. The first kappa shape index (κ1) is 18.4. The summed E-state index contributed by atoms with van der Waals surface area (Å²) in [6, 6.07) is 6.36. The molecule has 0 saturated carbocycles. The molecule has 1 aromatic rings. The van der Waals surface area contributed by atoms with E-state index < -0.39 is 10.0 Å². The van der Waals surface area contributed by atoms with Gasteiger partial charge in [-0.15, -0.1) is 0 Å². The van der Waals surface area contributed by atoms with E-state index in [1.807, 2.05) is 0 Å². The zero-order valence-corrected chi connectivity index (χ0v) is 15.5. The van der Waals surface area contributed by atoms with E-state index in [1.165, 1.54) is 10.4 Å². The Balaban J connectivity index is 1.62. The molecule has 2 fully saturated rings. The molecule has 1 amide bonds. The van der Waals surface area contributed by atoms with Gasteiger partial charge in [0.1, 0.15) is 0 Å². The van der Waals surface area contributed by atoms with Gasteiger partial charge < -0.3 is 9.64 Å². The van der Waals surface area contributed by atoms with Gasteiger partial charge in [-0.05, 0) is 50.3 Å². The Morgan fingerprint density at radius 1 is 1.32 bits per heavy atom. The fourth-order valence-electron chi connectivity index (χ4n) is 3.21. The molecular formula is C18H26N2O4S. The van der Waals surface area contributed by atoms with Crippen molar-refractivity contribution in [2.24, 2.45) is 0 Å². The van der Waals surface area contributed by atoms with E-state index in [0.29, 0.717) is 12.1 Å². The summed E-state index contributed by atoms with van der Waals surface area (Å²) in [5.41, 5.74) is 0.438. The highest BCUT2D eigenvalue weighted by atomic mass is 32.2. The second-order valence-electron chi connectivity index (χ2n) is 6.78. The van der Waals surface area contributed by atoms with Crippen LogP contribution in [0.4, 0.5) is 0 Å². The Morgan fingerprint density at radius 2 is 2.12 bits per heavy atom. The molecule has 0 bridgehead atoms. The molecule has 6 nitrogen and oxygen atoms in total. The number of benzene rings is 1. The highest BCUT2D eigenvalue weighted by Crippen LogP contribution is 2.21. The van der Waals surface area contributed by atoms with E-state index in [0.717, 1.165) is 51.8 Å². The summed E-state index contributed by atoms with van der Waals surface area (Å²) in [4.78, 5) is 14.2. The van der Waals surface area contributed by atoms with Crippen LogP contribution < -0.4 is 0 Å².